The van der Waals surface area contributed by atoms with Crippen LogP contribution in [0.3, 0.4) is 0 Å². The number of piperazine rings is 1. The molecule has 1 saturated heterocycles. The topological polar surface area (TPSA) is 49.4 Å². The van der Waals surface area contributed by atoms with Gasteiger partial charge in [0.15, 0.2) is 0 Å². The molecule has 2 atom stereocenters. The van der Waals surface area contributed by atoms with E-state index in [4.69, 9.17) is 0 Å². The molecule has 1 aliphatic heterocycles. The maximum Gasteiger partial charge on any atom is 0.250 e. The molecule has 0 aliphatic carbocycles. The van der Waals surface area contributed by atoms with Crippen molar-refractivity contribution in [3.63, 3.8) is 0 Å². The number of amides is 2. The second kappa shape index (κ2) is 6.31. The minimum atomic E-state index is -0.465. The van der Waals surface area contributed by atoms with E-state index in [0.29, 0.717) is 6.42 Å². The molecule has 1 fully saturated rings. The molecular weight excluding hydrogens is 272 g/mol. The highest BCUT2D eigenvalue weighted by Gasteiger charge is 2.38. The van der Waals surface area contributed by atoms with Crippen LogP contribution in [0.25, 0.3) is 0 Å². The maximum absolute atomic E-state index is 12.6. The third-order valence-corrected chi connectivity index (χ3v) is 4.25. The zero-order chi connectivity index (χ0) is 14.7. The van der Waals surface area contributed by atoms with E-state index in [1.165, 1.54) is 0 Å². The molecule has 2 unspecified atom stereocenters. The molecule has 5 heteroatoms. The van der Waals surface area contributed by atoms with E-state index in [2.05, 4.69) is 5.32 Å². The van der Waals surface area contributed by atoms with Crippen molar-refractivity contribution >= 4 is 29.3 Å². The van der Waals surface area contributed by atoms with Crippen LogP contribution in [-0.4, -0.2) is 30.2 Å². The summed E-state index contributed by atoms with van der Waals surface area (Å²) >= 11 is 1.62. The quantitative estimate of drug-likeness (QED) is 0.867. The van der Waals surface area contributed by atoms with Crippen LogP contribution in [0, 0.1) is 0 Å². The first kappa shape index (κ1) is 14.9. The van der Waals surface area contributed by atoms with Crippen LogP contribution < -0.4 is 10.2 Å². The maximum atomic E-state index is 12.6. The molecule has 1 N–H and O–H groups in total. The van der Waals surface area contributed by atoms with Crippen molar-refractivity contribution in [1.82, 2.24) is 5.32 Å². The standard InChI is InChI=1S/C15H20N2O2S/c1-4-6-13-15(19)17(10(2)14(18)16-13)11-7-5-8-12(9-11)20-3/h5,7-10,13H,4,6H2,1-3H3,(H,16,18). The van der Waals surface area contributed by atoms with Crippen molar-refractivity contribution in [2.75, 3.05) is 11.2 Å². The minimum Gasteiger partial charge on any atom is -0.342 e. The Morgan fingerprint density at radius 3 is 2.75 bits per heavy atom. The lowest BCUT2D eigenvalue weighted by atomic mass is 10.0. The van der Waals surface area contributed by atoms with E-state index >= 15 is 0 Å². The highest BCUT2D eigenvalue weighted by atomic mass is 32.2. The molecule has 1 heterocycles. The third kappa shape index (κ3) is 2.82. The molecule has 2 amide bonds. The zero-order valence-corrected chi connectivity index (χ0v) is 12.9. The van der Waals surface area contributed by atoms with Crippen molar-refractivity contribution < 1.29 is 9.59 Å². The smallest absolute Gasteiger partial charge is 0.250 e. The molecule has 108 valence electrons. The van der Waals surface area contributed by atoms with Gasteiger partial charge in [0, 0.05) is 10.6 Å². The highest BCUT2D eigenvalue weighted by molar-refractivity contribution is 7.98. The molecule has 1 aliphatic rings. The number of carbonyl (C=O) groups excluding carboxylic acids is 2. The van der Waals surface area contributed by atoms with Crippen LogP contribution in [0.5, 0.6) is 0 Å². The van der Waals surface area contributed by atoms with Crippen molar-refractivity contribution in [2.45, 2.75) is 43.7 Å². The molecule has 2 rings (SSSR count). The van der Waals surface area contributed by atoms with E-state index in [1.54, 1.807) is 23.6 Å². The average molecular weight is 292 g/mol. The molecule has 0 radical (unpaired) electrons. The monoisotopic (exact) mass is 292 g/mol. The summed E-state index contributed by atoms with van der Waals surface area (Å²) in [5, 5.41) is 2.81. The van der Waals surface area contributed by atoms with Gasteiger partial charge in [-0.25, -0.2) is 0 Å². The lowest BCUT2D eigenvalue weighted by molar-refractivity contribution is -0.133. The molecular formula is C15H20N2O2S. The molecule has 1 aromatic rings. The van der Waals surface area contributed by atoms with Gasteiger partial charge in [-0.2, -0.15) is 0 Å². The summed E-state index contributed by atoms with van der Waals surface area (Å²) in [5.74, 6) is -0.102. The SMILES string of the molecule is CCCC1NC(=O)C(C)N(c2cccc(SC)c2)C1=O. The van der Waals surface area contributed by atoms with Crippen molar-refractivity contribution in [3.05, 3.63) is 24.3 Å². The van der Waals surface area contributed by atoms with Gasteiger partial charge < -0.3 is 5.32 Å². The van der Waals surface area contributed by atoms with Crippen molar-refractivity contribution in [1.29, 1.82) is 0 Å². The summed E-state index contributed by atoms with van der Waals surface area (Å²) in [6.07, 6.45) is 3.53. The Balaban J connectivity index is 2.35. The summed E-state index contributed by atoms with van der Waals surface area (Å²) < 4.78 is 0. The summed E-state index contributed by atoms with van der Waals surface area (Å²) in [6.45, 7) is 3.78. The van der Waals surface area contributed by atoms with E-state index in [0.717, 1.165) is 17.0 Å². The van der Waals surface area contributed by atoms with Gasteiger partial charge in [0.25, 0.3) is 0 Å². The van der Waals surface area contributed by atoms with Crippen LogP contribution in [0.4, 0.5) is 5.69 Å². The molecule has 0 saturated carbocycles. The second-order valence-electron chi connectivity index (χ2n) is 4.94. The highest BCUT2D eigenvalue weighted by Crippen LogP contribution is 2.26. The van der Waals surface area contributed by atoms with Gasteiger partial charge in [-0.15, -0.1) is 11.8 Å². The van der Waals surface area contributed by atoms with E-state index in [9.17, 15) is 9.59 Å². The van der Waals surface area contributed by atoms with Crippen LogP contribution in [0.2, 0.25) is 0 Å². The van der Waals surface area contributed by atoms with Crippen LogP contribution >= 0.6 is 11.8 Å². The van der Waals surface area contributed by atoms with Gasteiger partial charge in [-0.05, 0) is 37.8 Å². The summed E-state index contributed by atoms with van der Waals surface area (Å²) in [7, 11) is 0. The number of hydrogen-bond donors (Lipinski definition) is 1. The molecule has 20 heavy (non-hydrogen) atoms. The first-order valence-electron chi connectivity index (χ1n) is 6.86. The fourth-order valence-electron chi connectivity index (χ4n) is 2.43. The molecule has 4 nitrogen and oxygen atoms in total. The predicted molar refractivity (Wildman–Crippen MR) is 82.0 cm³/mol. The average Bonchev–Trinajstić information content (AvgIpc) is 2.45. The van der Waals surface area contributed by atoms with Crippen molar-refractivity contribution in [2.24, 2.45) is 0 Å². The number of carbonyl (C=O) groups is 2. The molecule has 0 spiro atoms. The summed E-state index contributed by atoms with van der Waals surface area (Å²) in [6, 6.07) is 6.89. The summed E-state index contributed by atoms with van der Waals surface area (Å²) in [4.78, 5) is 27.3. The Bertz CT molecular complexity index is 518. The molecule has 0 bridgehead atoms. The number of benzene rings is 1. The number of rotatable bonds is 4. The number of hydrogen-bond acceptors (Lipinski definition) is 3. The zero-order valence-electron chi connectivity index (χ0n) is 12.1. The Morgan fingerprint density at radius 2 is 2.10 bits per heavy atom. The minimum absolute atomic E-state index is 0.0165. The Kier molecular flexibility index (Phi) is 4.70. The second-order valence-corrected chi connectivity index (χ2v) is 5.82. The van der Waals surface area contributed by atoms with Gasteiger partial charge in [0.05, 0.1) is 0 Å². The Morgan fingerprint density at radius 1 is 1.35 bits per heavy atom. The van der Waals surface area contributed by atoms with Crippen LogP contribution in [0.1, 0.15) is 26.7 Å². The molecule has 0 aromatic heterocycles. The van der Waals surface area contributed by atoms with Gasteiger partial charge >= 0.3 is 0 Å². The van der Waals surface area contributed by atoms with Gasteiger partial charge in [-0.3, -0.25) is 14.5 Å². The number of nitrogens with zero attached hydrogens (tertiary/aromatic N) is 1. The van der Waals surface area contributed by atoms with Crippen LogP contribution in [0.15, 0.2) is 29.2 Å². The van der Waals surface area contributed by atoms with E-state index in [-0.39, 0.29) is 11.8 Å². The fraction of sp³-hybridized carbons (Fsp3) is 0.467. The van der Waals surface area contributed by atoms with E-state index in [1.807, 2.05) is 37.4 Å². The lowest BCUT2D eigenvalue weighted by Gasteiger charge is -2.37. The normalized spacial score (nSPS) is 22.9. The largest absolute Gasteiger partial charge is 0.342 e. The predicted octanol–water partition coefficient (Wildman–Crippen LogP) is 2.43. The lowest BCUT2D eigenvalue weighted by Crippen LogP contribution is -2.62. The Hall–Kier alpha value is -1.49. The number of thioether (sulfide) groups is 1. The van der Waals surface area contributed by atoms with Gasteiger partial charge in [0.1, 0.15) is 12.1 Å². The summed E-state index contributed by atoms with van der Waals surface area (Å²) in [5.41, 5.74) is 0.797. The van der Waals surface area contributed by atoms with E-state index < -0.39 is 12.1 Å². The fourth-order valence-corrected chi connectivity index (χ4v) is 2.88. The number of nitrogens with one attached hydrogen (secondary N) is 1. The Labute approximate surface area is 123 Å². The third-order valence-electron chi connectivity index (χ3n) is 3.53. The van der Waals surface area contributed by atoms with Gasteiger partial charge in [-0.1, -0.05) is 19.4 Å². The van der Waals surface area contributed by atoms with Crippen LogP contribution in [-0.2, 0) is 9.59 Å². The number of anilines is 1. The van der Waals surface area contributed by atoms with Gasteiger partial charge in [0.2, 0.25) is 11.8 Å². The first-order valence-corrected chi connectivity index (χ1v) is 8.08. The van der Waals surface area contributed by atoms with Crippen molar-refractivity contribution in [3.8, 4) is 0 Å². The first-order chi connectivity index (χ1) is 9.58. The molecule has 1 aromatic carbocycles.